The quantitative estimate of drug-likeness (QED) is 0.439. The molecule has 0 aliphatic heterocycles. The van der Waals surface area contributed by atoms with Crippen LogP contribution in [0.4, 0.5) is 0 Å². The summed E-state index contributed by atoms with van der Waals surface area (Å²) >= 11 is 12.0. The summed E-state index contributed by atoms with van der Waals surface area (Å²) in [5, 5.41) is 0. The summed E-state index contributed by atoms with van der Waals surface area (Å²) in [6.07, 6.45) is 6.63. The molecular formula is C9H14Cl2. The standard InChI is InChI=1S/C9H14Cl2/c1-9(11)5-3-2-4-8(6-9)7-10/h4H,2-3,5-7H2,1H3. The molecular weight excluding hydrogens is 179 g/mol. The molecule has 0 nitrogen and oxygen atoms in total. The lowest BCUT2D eigenvalue weighted by molar-refractivity contribution is 0.563. The second-order valence-electron chi connectivity index (χ2n) is 3.48. The first-order valence-electron chi connectivity index (χ1n) is 4.07. The summed E-state index contributed by atoms with van der Waals surface area (Å²) in [4.78, 5) is -0.0444. The number of alkyl halides is 2. The first-order valence-corrected chi connectivity index (χ1v) is 4.98. The van der Waals surface area contributed by atoms with Crippen molar-refractivity contribution in [1.82, 2.24) is 0 Å². The van der Waals surface area contributed by atoms with E-state index in [0.29, 0.717) is 5.88 Å². The van der Waals surface area contributed by atoms with Gasteiger partial charge in [-0.05, 0) is 32.6 Å². The van der Waals surface area contributed by atoms with Gasteiger partial charge in [-0.2, -0.15) is 0 Å². The molecule has 0 aromatic rings. The Morgan fingerprint density at radius 2 is 2.36 bits per heavy atom. The Labute approximate surface area is 78.6 Å². The molecule has 0 saturated heterocycles. The zero-order valence-corrected chi connectivity index (χ0v) is 8.38. The number of halogens is 2. The van der Waals surface area contributed by atoms with E-state index in [2.05, 4.69) is 13.0 Å². The Hall–Kier alpha value is 0.320. The molecule has 11 heavy (non-hydrogen) atoms. The highest BCUT2D eigenvalue weighted by Gasteiger charge is 2.23. The minimum absolute atomic E-state index is 0.0444. The Balaban J connectivity index is 2.60. The topological polar surface area (TPSA) is 0 Å². The molecule has 0 heterocycles. The van der Waals surface area contributed by atoms with Crippen molar-refractivity contribution in [3.05, 3.63) is 11.6 Å². The number of allylic oxidation sites excluding steroid dienone is 2. The van der Waals surface area contributed by atoms with Gasteiger partial charge in [0, 0.05) is 10.8 Å². The molecule has 0 saturated carbocycles. The molecule has 0 N–H and O–H groups in total. The highest BCUT2D eigenvalue weighted by Crippen LogP contribution is 2.32. The van der Waals surface area contributed by atoms with Gasteiger partial charge in [0.1, 0.15) is 0 Å². The summed E-state index contributed by atoms with van der Waals surface area (Å²) in [6, 6.07) is 0. The van der Waals surface area contributed by atoms with Gasteiger partial charge in [-0.3, -0.25) is 0 Å². The van der Waals surface area contributed by atoms with Crippen molar-refractivity contribution in [2.75, 3.05) is 5.88 Å². The molecule has 2 heteroatoms. The van der Waals surface area contributed by atoms with Gasteiger partial charge in [0.25, 0.3) is 0 Å². The highest BCUT2D eigenvalue weighted by atomic mass is 35.5. The largest absolute Gasteiger partial charge is 0.122 e. The Morgan fingerprint density at radius 3 is 3.00 bits per heavy atom. The lowest BCUT2D eigenvalue weighted by atomic mass is 9.99. The average molecular weight is 193 g/mol. The average Bonchev–Trinajstić information content (AvgIpc) is 2.10. The smallest absolute Gasteiger partial charge is 0.0456 e. The Bertz CT molecular complexity index is 159. The molecule has 0 aromatic carbocycles. The van der Waals surface area contributed by atoms with Crippen LogP contribution in [0.5, 0.6) is 0 Å². The SMILES string of the molecule is CC1(Cl)CCCC=C(CCl)C1. The van der Waals surface area contributed by atoms with Gasteiger partial charge in [-0.15, -0.1) is 23.2 Å². The summed E-state index contributed by atoms with van der Waals surface area (Å²) in [7, 11) is 0. The van der Waals surface area contributed by atoms with Crippen LogP contribution in [0.25, 0.3) is 0 Å². The van der Waals surface area contributed by atoms with Crippen LogP contribution >= 0.6 is 23.2 Å². The second kappa shape index (κ2) is 3.82. The molecule has 1 rings (SSSR count). The van der Waals surface area contributed by atoms with Crippen LogP contribution in [0.3, 0.4) is 0 Å². The molecule has 0 fully saturated rings. The van der Waals surface area contributed by atoms with E-state index in [9.17, 15) is 0 Å². The van der Waals surface area contributed by atoms with E-state index < -0.39 is 0 Å². The predicted molar refractivity (Wildman–Crippen MR) is 51.5 cm³/mol. The highest BCUT2D eigenvalue weighted by molar-refractivity contribution is 6.24. The molecule has 0 radical (unpaired) electrons. The molecule has 1 aliphatic rings. The van der Waals surface area contributed by atoms with Gasteiger partial charge in [0.2, 0.25) is 0 Å². The fraction of sp³-hybridized carbons (Fsp3) is 0.778. The first kappa shape index (κ1) is 9.41. The van der Waals surface area contributed by atoms with Crippen molar-refractivity contribution >= 4 is 23.2 Å². The van der Waals surface area contributed by atoms with Crippen molar-refractivity contribution in [3.63, 3.8) is 0 Å². The van der Waals surface area contributed by atoms with Gasteiger partial charge in [0.05, 0.1) is 0 Å². The van der Waals surface area contributed by atoms with Gasteiger partial charge in [-0.1, -0.05) is 11.6 Å². The summed E-state index contributed by atoms with van der Waals surface area (Å²) in [6.45, 7) is 2.10. The van der Waals surface area contributed by atoms with Crippen LogP contribution in [0.1, 0.15) is 32.6 Å². The second-order valence-corrected chi connectivity index (χ2v) is 4.66. The Kier molecular flexibility index (Phi) is 3.27. The predicted octanol–water partition coefficient (Wildman–Crippen LogP) is 3.72. The van der Waals surface area contributed by atoms with Gasteiger partial charge in [-0.25, -0.2) is 0 Å². The van der Waals surface area contributed by atoms with Crippen LogP contribution in [0, 0.1) is 0 Å². The lowest BCUT2D eigenvalue weighted by Crippen LogP contribution is -2.15. The van der Waals surface area contributed by atoms with Gasteiger partial charge < -0.3 is 0 Å². The summed E-state index contributed by atoms with van der Waals surface area (Å²) < 4.78 is 0. The van der Waals surface area contributed by atoms with E-state index in [4.69, 9.17) is 23.2 Å². The maximum Gasteiger partial charge on any atom is 0.0456 e. The zero-order chi connectivity index (χ0) is 8.32. The van der Waals surface area contributed by atoms with Crippen molar-refractivity contribution in [2.24, 2.45) is 0 Å². The van der Waals surface area contributed by atoms with E-state index in [0.717, 1.165) is 19.3 Å². The molecule has 0 spiro atoms. The fourth-order valence-electron chi connectivity index (χ4n) is 1.51. The molecule has 0 bridgehead atoms. The Morgan fingerprint density at radius 1 is 1.64 bits per heavy atom. The minimum atomic E-state index is -0.0444. The summed E-state index contributed by atoms with van der Waals surface area (Å²) in [5.41, 5.74) is 1.31. The van der Waals surface area contributed by atoms with Crippen LogP contribution in [0.15, 0.2) is 11.6 Å². The number of rotatable bonds is 1. The lowest BCUT2D eigenvalue weighted by Gasteiger charge is -2.20. The minimum Gasteiger partial charge on any atom is -0.122 e. The number of hydrogen-bond donors (Lipinski definition) is 0. The van der Waals surface area contributed by atoms with Crippen LogP contribution in [-0.2, 0) is 0 Å². The fourth-order valence-corrected chi connectivity index (χ4v) is 2.02. The molecule has 0 aromatic heterocycles. The molecule has 64 valence electrons. The third-order valence-corrected chi connectivity index (χ3v) is 2.77. The molecule has 1 unspecified atom stereocenters. The van der Waals surface area contributed by atoms with Gasteiger partial charge >= 0.3 is 0 Å². The molecule has 1 atom stereocenters. The van der Waals surface area contributed by atoms with Crippen LogP contribution < -0.4 is 0 Å². The molecule has 0 amide bonds. The van der Waals surface area contributed by atoms with Crippen molar-refractivity contribution in [1.29, 1.82) is 0 Å². The maximum absolute atomic E-state index is 6.25. The van der Waals surface area contributed by atoms with Crippen LogP contribution in [-0.4, -0.2) is 10.8 Å². The van der Waals surface area contributed by atoms with E-state index in [1.54, 1.807) is 0 Å². The van der Waals surface area contributed by atoms with Crippen molar-refractivity contribution < 1.29 is 0 Å². The number of hydrogen-bond acceptors (Lipinski definition) is 0. The molecule has 1 aliphatic carbocycles. The monoisotopic (exact) mass is 192 g/mol. The van der Waals surface area contributed by atoms with E-state index in [1.807, 2.05) is 0 Å². The third-order valence-electron chi connectivity index (χ3n) is 2.10. The van der Waals surface area contributed by atoms with Crippen molar-refractivity contribution in [2.45, 2.75) is 37.5 Å². The summed E-state index contributed by atoms with van der Waals surface area (Å²) in [5.74, 6) is 0.641. The first-order chi connectivity index (χ1) is 5.14. The van der Waals surface area contributed by atoms with Crippen LogP contribution in [0.2, 0.25) is 0 Å². The zero-order valence-electron chi connectivity index (χ0n) is 6.87. The van der Waals surface area contributed by atoms with Gasteiger partial charge in [0.15, 0.2) is 0 Å². The third kappa shape index (κ3) is 3.04. The van der Waals surface area contributed by atoms with E-state index in [-0.39, 0.29) is 4.87 Å². The van der Waals surface area contributed by atoms with E-state index >= 15 is 0 Å². The maximum atomic E-state index is 6.25. The van der Waals surface area contributed by atoms with Crippen molar-refractivity contribution in [3.8, 4) is 0 Å². The van der Waals surface area contributed by atoms with E-state index in [1.165, 1.54) is 12.0 Å². The normalized spacial score (nSPS) is 32.8.